The largest absolute Gasteiger partial charge is 0.322 e. The predicted molar refractivity (Wildman–Crippen MR) is 60.5 cm³/mol. The number of imidazole rings is 1. The Morgan fingerprint density at radius 2 is 2.29 bits per heavy atom. The molecule has 0 bridgehead atoms. The molecule has 0 saturated heterocycles. The Bertz CT molecular complexity index is 478. The molecule has 14 heavy (non-hydrogen) atoms. The molecular weight excluding hydrogens is 265 g/mol. The van der Waals surface area contributed by atoms with Gasteiger partial charge in [-0.05, 0) is 35.0 Å². The van der Waals surface area contributed by atoms with Crippen LogP contribution in [0, 0.1) is 0 Å². The molecule has 0 aliphatic carbocycles. The van der Waals surface area contributed by atoms with Gasteiger partial charge in [0.15, 0.2) is 0 Å². The zero-order valence-corrected chi connectivity index (χ0v) is 9.88. The van der Waals surface area contributed by atoms with Crippen LogP contribution in [0.3, 0.4) is 0 Å². The maximum Gasteiger partial charge on any atom is 0.132 e. The normalized spacial score (nSPS) is 13.4. The minimum atomic E-state index is -0.118. The van der Waals surface area contributed by atoms with E-state index in [0.717, 1.165) is 15.9 Å². The quantitative estimate of drug-likeness (QED) is 0.869. The third-order valence-corrected chi connectivity index (χ3v) is 2.80. The summed E-state index contributed by atoms with van der Waals surface area (Å²) in [7, 11) is 0. The molecule has 0 aromatic carbocycles. The van der Waals surface area contributed by atoms with Gasteiger partial charge in [0, 0.05) is 6.20 Å². The number of aromatic nitrogens is 2. The van der Waals surface area contributed by atoms with Crippen molar-refractivity contribution in [2.75, 3.05) is 0 Å². The highest BCUT2D eigenvalue weighted by molar-refractivity contribution is 9.10. The second-order valence-corrected chi connectivity index (χ2v) is 4.34. The number of nitrogens with two attached hydrogens (primary N) is 1. The van der Waals surface area contributed by atoms with Gasteiger partial charge in [0.05, 0.1) is 16.6 Å². The molecule has 0 spiro atoms. The summed E-state index contributed by atoms with van der Waals surface area (Å²) in [5.41, 5.74) is 6.77. The summed E-state index contributed by atoms with van der Waals surface area (Å²) in [5.74, 6) is 0.800. The summed E-state index contributed by atoms with van der Waals surface area (Å²) in [4.78, 5) is 4.33. The zero-order valence-electron chi connectivity index (χ0n) is 7.54. The van der Waals surface area contributed by atoms with Gasteiger partial charge >= 0.3 is 0 Å². The minimum Gasteiger partial charge on any atom is -0.322 e. The fraction of sp³-hybridized carbons (Fsp3) is 0.222. The van der Waals surface area contributed by atoms with Gasteiger partial charge in [-0.2, -0.15) is 0 Å². The number of hydrogen-bond acceptors (Lipinski definition) is 2. The monoisotopic (exact) mass is 273 g/mol. The summed E-state index contributed by atoms with van der Waals surface area (Å²) in [6, 6.07) is 3.62. The zero-order chi connectivity index (χ0) is 10.3. The highest BCUT2D eigenvalue weighted by atomic mass is 79.9. The van der Waals surface area contributed by atoms with Crippen molar-refractivity contribution < 1.29 is 0 Å². The summed E-state index contributed by atoms with van der Waals surface area (Å²) >= 11 is 9.28. The second kappa shape index (κ2) is 3.53. The fourth-order valence-electron chi connectivity index (χ4n) is 1.37. The van der Waals surface area contributed by atoms with Gasteiger partial charge in [0.25, 0.3) is 0 Å². The number of fused-ring (bicyclic) bond motifs is 1. The molecule has 2 aromatic rings. The van der Waals surface area contributed by atoms with Crippen LogP contribution >= 0.6 is 27.5 Å². The Morgan fingerprint density at radius 3 is 2.93 bits per heavy atom. The van der Waals surface area contributed by atoms with Crippen LogP contribution in [0.1, 0.15) is 18.8 Å². The van der Waals surface area contributed by atoms with Crippen LogP contribution in [0.15, 0.2) is 22.9 Å². The molecule has 0 aliphatic rings. The van der Waals surface area contributed by atoms with E-state index in [9.17, 15) is 0 Å². The van der Waals surface area contributed by atoms with E-state index in [1.807, 2.05) is 29.7 Å². The topological polar surface area (TPSA) is 43.3 Å². The third-order valence-electron chi connectivity index (χ3n) is 1.99. The number of pyridine rings is 1. The van der Waals surface area contributed by atoms with E-state index < -0.39 is 0 Å². The standard InChI is InChI=1S/C9H9BrClN3/c1-5(12)9-13-8(10)7-3-2-6(11)4-14(7)9/h2-5H,12H2,1H3. The molecule has 1 atom stereocenters. The molecule has 0 fully saturated rings. The number of rotatable bonds is 1. The highest BCUT2D eigenvalue weighted by Crippen LogP contribution is 2.23. The first kappa shape index (κ1) is 9.96. The Kier molecular flexibility index (Phi) is 2.51. The lowest BCUT2D eigenvalue weighted by Gasteiger charge is -2.03. The lowest BCUT2D eigenvalue weighted by molar-refractivity contribution is 0.735. The van der Waals surface area contributed by atoms with Crippen molar-refractivity contribution in [2.45, 2.75) is 13.0 Å². The Labute approximate surface area is 95.0 Å². The summed E-state index contributed by atoms with van der Waals surface area (Å²) < 4.78 is 2.69. The summed E-state index contributed by atoms with van der Waals surface area (Å²) in [6.45, 7) is 1.89. The molecule has 1 unspecified atom stereocenters. The molecule has 2 heterocycles. The van der Waals surface area contributed by atoms with E-state index in [-0.39, 0.29) is 6.04 Å². The summed E-state index contributed by atoms with van der Waals surface area (Å²) in [6.07, 6.45) is 1.81. The van der Waals surface area contributed by atoms with Crippen LogP contribution in [0.4, 0.5) is 0 Å². The molecule has 5 heteroatoms. The maximum atomic E-state index is 5.90. The number of halogens is 2. The van der Waals surface area contributed by atoms with Crippen molar-refractivity contribution in [3.63, 3.8) is 0 Å². The lowest BCUT2D eigenvalue weighted by Crippen LogP contribution is -2.09. The average molecular weight is 275 g/mol. The van der Waals surface area contributed by atoms with E-state index in [1.54, 1.807) is 0 Å². The molecule has 74 valence electrons. The van der Waals surface area contributed by atoms with Crippen molar-refractivity contribution in [1.82, 2.24) is 9.38 Å². The van der Waals surface area contributed by atoms with Crippen LogP contribution in [0.2, 0.25) is 5.02 Å². The van der Waals surface area contributed by atoms with Gasteiger partial charge < -0.3 is 5.73 Å². The van der Waals surface area contributed by atoms with E-state index in [4.69, 9.17) is 17.3 Å². The van der Waals surface area contributed by atoms with Crippen molar-refractivity contribution in [2.24, 2.45) is 5.73 Å². The van der Waals surface area contributed by atoms with E-state index in [0.29, 0.717) is 5.02 Å². The molecule has 0 aliphatic heterocycles. The van der Waals surface area contributed by atoms with Gasteiger partial charge in [0.2, 0.25) is 0 Å². The molecule has 3 nitrogen and oxygen atoms in total. The highest BCUT2D eigenvalue weighted by Gasteiger charge is 2.11. The van der Waals surface area contributed by atoms with E-state index in [1.165, 1.54) is 0 Å². The Balaban J connectivity index is 2.79. The van der Waals surface area contributed by atoms with E-state index >= 15 is 0 Å². The molecule has 2 N–H and O–H groups in total. The van der Waals surface area contributed by atoms with Gasteiger partial charge in [0.1, 0.15) is 10.4 Å². The average Bonchev–Trinajstić information content (AvgIpc) is 2.43. The van der Waals surface area contributed by atoms with Gasteiger partial charge in [-0.3, -0.25) is 4.40 Å². The Hall–Kier alpha value is -0.580. The van der Waals surface area contributed by atoms with Gasteiger partial charge in [-0.25, -0.2) is 4.98 Å². The maximum absolute atomic E-state index is 5.90. The third kappa shape index (κ3) is 1.54. The van der Waals surface area contributed by atoms with Crippen molar-refractivity contribution >= 4 is 33.0 Å². The molecule has 0 saturated carbocycles. The predicted octanol–water partition coefficient (Wildman–Crippen LogP) is 2.77. The van der Waals surface area contributed by atoms with E-state index in [2.05, 4.69) is 20.9 Å². The number of nitrogens with zero attached hydrogens (tertiary/aromatic N) is 2. The fourth-order valence-corrected chi connectivity index (χ4v) is 2.03. The molecular formula is C9H9BrClN3. The van der Waals surface area contributed by atoms with Crippen LogP contribution in [-0.4, -0.2) is 9.38 Å². The smallest absolute Gasteiger partial charge is 0.132 e. The first-order valence-corrected chi connectivity index (χ1v) is 5.35. The molecule has 2 rings (SSSR count). The minimum absolute atomic E-state index is 0.118. The molecule has 0 amide bonds. The van der Waals surface area contributed by atoms with Crippen LogP contribution in [-0.2, 0) is 0 Å². The van der Waals surface area contributed by atoms with Gasteiger partial charge in [-0.15, -0.1) is 0 Å². The first-order chi connectivity index (χ1) is 6.59. The number of hydrogen-bond donors (Lipinski definition) is 1. The van der Waals surface area contributed by atoms with Gasteiger partial charge in [-0.1, -0.05) is 11.6 Å². The Morgan fingerprint density at radius 1 is 1.57 bits per heavy atom. The van der Waals surface area contributed by atoms with Crippen molar-refractivity contribution in [3.05, 3.63) is 33.8 Å². The van der Waals surface area contributed by atoms with Crippen LogP contribution in [0.25, 0.3) is 5.52 Å². The van der Waals surface area contributed by atoms with Crippen molar-refractivity contribution in [1.29, 1.82) is 0 Å². The molecule has 0 radical (unpaired) electrons. The lowest BCUT2D eigenvalue weighted by atomic mass is 10.3. The molecule has 2 aromatic heterocycles. The van der Waals surface area contributed by atoms with Crippen LogP contribution in [0.5, 0.6) is 0 Å². The van der Waals surface area contributed by atoms with Crippen molar-refractivity contribution in [3.8, 4) is 0 Å². The van der Waals surface area contributed by atoms with Crippen LogP contribution < -0.4 is 5.73 Å². The second-order valence-electron chi connectivity index (χ2n) is 3.15. The summed E-state index contributed by atoms with van der Waals surface area (Å²) in [5, 5.41) is 0.671. The SMILES string of the molecule is CC(N)c1nc(Br)c2ccc(Cl)cn12. The first-order valence-electron chi connectivity index (χ1n) is 4.18.